The summed E-state index contributed by atoms with van der Waals surface area (Å²) in [6.07, 6.45) is -4.62. The minimum Gasteiger partial charge on any atom is -0.452 e. The minimum absolute atomic E-state index is 0.0453. The molecule has 2 aromatic carbocycles. The summed E-state index contributed by atoms with van der Waals surface area (Å²) in [7, 11) is 0. The molecule has 29 heavy (non-hydrogen) atoms. The first kappa shape index (κ1) is 21.6. The fourth-order valence-electron chi connectivity index (χ4n) is 2.12. The lowest BCUT2D eigenvalue weighted by atomic mass is 10.0. The summed E-state index contributed by atoms with van der Waals surface area (Å²) in [5.41, 5.74) is 0.860. The third-order valence-electron chi connectivity index (χ3n) is 3.46. The lowest BCUT2D eigenvalue weighted by Gasteiger charge is -2.09. The lowest BCUT2D eigenvalue weighted by Crippen LogP contribution is -2.44. The Morgan fingerprint density at radius 2 is 1.38 bits per heavy atom. The summed E-state index contributed by atoms with van der Waals surface area (Å²) < 4.78 is 40.5. The fourth-order valence-corrected chi connectivity index (χ4v) is 2.12. The summed E-state index contributed by atoms with van der Waals surface area (Å²) in [4.78, 5) is 46.7. The van der Waals surface area contributed by atoms with Crippen molar-refractivity contribution >= 4 is 23.7 Å². The molecule has 0 saturated heterocycles. The second kappa shape index (κ2) is 9.49. The van der Waals surface area contributed by atoms with Gasteiger partial charge in [0.1, 0.15) is 6.54 Å². The Morgan fingerprint density at radius 1 is 0.828 bits per heavy atom. The number of alkyl halides is 3. The molecule has 0 aromatic heterocycles. The summed E-state index contributed by atoms with van der Waals surface area (Å²) in [5, 5.41) is 3.03. The molecule has 2 aromatic rings. The Kier molecular flexibility index (Phi) is 7.07. The van der Waals surface area contributed by atoms with Crippen molar-refractivity contribution in [2.45, 2.75) is 6.18 Å². The molecule has 0 heterocycles. The van der Waals surface area contributed by atoms with E-state index in [1.165, 1.54) is 29.6 Å². The average molecular weight is 408 g/mol. The molecule has 2 rings (SSSR count). The van der Waals surface area contributed by atoms with Crippen LogP contribution in [0.1, 0.15) is 26.3 Å². The zero-order chi connectivity index (χ0) is 21.4. The largest absolute Gasteiger partial charge is 0.452 e. The number of ketones is 1. The van der Waals surface area contributed by atoms with Crippen molar-refractivity contribution in [2.24, 2.45) is 0 Å². The Morgan fingerprint density at radius 3 is 1.97 bits per heavy atom. The molecular formula is C19H15F3N2O5. The molecule has 10 heteroatoms. The van der Waals surface area contributed by atoms with Gasteiger partial charge in [0.15, 0.2) is 12.4 Å². The number of carbonyl (C=O) groups is 4. The van der Waals surface area contributed by atoms with E-state index in [0.29, 0.717) is 11.1 Å². The van der Waals surface area contributed by atoms with E-state index in [2.05, 4.69) is 4.74 Å². The van der Waals surface area contributed by atoms with Crippen molar-refractivity contribution in [3.63, 3.8) is 0 Å². The SMILES string of the molecule is O=C(COC(=O)c1ccc(C(=O)c2ccccc2)cc1)NC(=O)NCC(F)(F)F. The number of halogens is 3. The van der Waals surface area contributed by atoms with Crippen LogP contribution in [-0.4, -0.2) is 43.0 Å². The zero-order valence-electron chi connectivity index (χ0n) is 14.8. The summed E-state index contributed by atoms with van der Waals surface area (Å²) in [5.74, 6) is -2.25. The van der Waals surface area contributed by atoms with Gasteiger partial charge in [-0.1, -0.05) is 42.5 Å². The first-order chi connectivity index (χ1) is 13.7. The number of hydrogen-bond acceptors (Lipinski definition) is 5. The number of hydrogen-bond donors (Lipinski definition) is 2. The van der Waals surface area contributed by atoms with Gasteiger partial charge in [-0.15, -0.1) is 0 Å². The first-order valence-electron chi connectivity index (χ1n) is 8.17. The van der Waals surface area contributed by atoms with Gasteiger partial charge in [-0.2, -0.15) is 13.2 Å². The van der Waals surface area contributed by atoms with Crippen LogP contribution < -0.4 is 10.6 Å². The normalized spacial score (nSPS) is 10.7. The van der Waals surface area contributed by atoms with Gasteiger partial charge in [-0.25, -0.2) is 9.59 Å². The van der Waals surface area contributed by atoms with Crippen LogP contribution in [0, 0.1) is 0 Å². The van der Waals surface area contributed by atoms with Crippen LogP contribution >= 0.6 is 0 Å². The summed E-state index contributed by atoms with van der Waals surface area (Å²) >= 11 is 0. The highest BCUT2D eigenvalue weighted by Gasteiger charge is 2.28. The number of imide groups is 1. The lowest BCUT2D eigenvalue weighted by molar-refractivity contribution is -0.125. The number of nitrogens with one attached hydrogen (secondary N) is 2. The Labute approximate surface area is 162 Å². The van der Waals surface area contributed by atoms with Crippen molar-refractivity contribution in [2.75, 3.05) is 13.2 Å². The zero-order valence-corrected chi connectivity index (χ0v) is 14.8. The van der Waals surface area contributed by atoms with Crippen LogP contribution in [0.4, 0.5) is 18.0 Å². The molecule has 0 spiro atoms. The maximum Gasteiger partial charge on any atom is 0.405 e. The second-order valence-corrected chi connectivity index (χ2v) is 5.69. The van der Waals surface area contributed by atoms with E-state index in [4.69, 9.17) is 0 Å². The predicted octanol–water partition coefficient (Wildman–Crippen LogP) is 2.46. The van der Waals surface area contributed by atoms with Crippen molar-refractivity contribution in [1.29, 1.82) is 0 Å². The van der Waals surface area contributed by atoms with Crippen molar-refractivity contribution in [1.82, 2.24) is 10.6 Å². The molecule has 3 amide bonds. The van der Waals surface area contributed by atoms with Gasteiger partial charge < -0.3 is 10.1 Å². The quantitative estimate of drug-likeness (QED) is 0.565. The van der Waals surface area contributed by atoms with E-state index in [1.807, 2.05) is 0 Å². The number of carbonyl (C=O) groups excluding carboxylic acids is 4. The Balaban J connectivity index is 1.84. The molecule has 0 bridgehead atoms. The van der Waals surface area contributed by atoms with Crippen LogP contribution in [0.2, 0.25) is 0 Å². The molecule has 0 unspecified atom stereocenters. The number of amides is 3. The van der Waals surface area contributed by atoms with E-state index in [-0.39, 0.29) is 11.3 Å². The van der Waals surface area contributed by atoms with Gasteiger partial charge in [0.25, 0.3) is 5.91 Å². The van der Waals surface area contributed by atoms with Gasteiger partial charge in [-0.05, 0) is 12.1 Å². The molecule has 0 aliphatic carbocycles. The number of urea groups is 1. The molecule has 0 radical (unpaired) electrons. The predicted molar refractivity (Wildman–Crippen MR) is 94.2 cm³/mol. The van der Waals surface area contributed by atoms with Crippen LogP contribution in [0.5, 0.6) is 0 Å². The molecule has 2 N–H and O–H groups in total. The highest BCUT2D eigenvalue weighted by atomic mass is 19.4. The molecule has 152 valence electrons. The van der Waals surface area contributed by atoms with E-state index < -0.39 is 37.2 Å². The Bertz CT molecular complexity index is 896. The maximum atomic E-state index is 12.3. The van der Waals surface area contributed by atoms with E-state index in [0.717, 1.165) is 0 Å². The molecule has 7 nitrogen and oxygen atoms in total. The smallest absolute Gasteiger partial charge is 0.405 e. The van der Waals surface area contributed by atoms with Gasteiger partial charge in [0.05, 0.1) is 5.56 Å². The average Bonchev–Trinajstić information content (AvgIpc) is 2.70. The number of rotatable bonds is 6. The van der Waals surface area contributed by atoms with Gasteiger partial charge in [0, 0.05) is 11.1 Å². The fraction of sp³-hybridized carbons (Fsp3) is 0.158. The third-order valence-corrected chi connectivity index (χ3v) is 3.46. The highest BCUT2D eigenvalue weighted by molar-refractivity contribution is 6.09. The van der Waals surface area contributed by atoms with Crippen molar-refractivity contribution in [3.05, 3.63) is 71.3 Å². The van der Waals surface area contributed by atoms with Crippen LogP contribution in [0.3, 0.4) is 0 Å². The summed E-state index contributed by atoms with van der Waals surface area (Å²) in [6, 6.07) is 12.6. The van der Waals surface area contributed by atoms with Gasteiger partial charge in [0.2, 0.25) is 0 Å². The van der Waals surface area contributed by atoms with E-state index in [1.54, 1.807) is 35.6 Å². The molecule has 0 aliphatic heterocycles. The molecule has 0 saturated carbocycles. The standard InChI is InChI=1S/C19H15F3N2O5/c20-19(21,22)11-23-18(28)24-15(25)10-29-17(27)14-8-6-13(7-9-14)16(26)12-4-2-1-3-5-12/h1-9H,10-11H2,(H2,23,24,25,28). The van der Waals surface area contributed by atoms with Crippen LogP contribution in [0.25, 0.3) is 0 Å². The van der Waals surface area contributed by atoms with Crippen molar-refractivity contribution < 1.29 is 37.1 Å². The monoisotopic (exact) mass is 408 g/mol. The van der Waals surface area contributed by atoms with Gasteiger partial charge >= 0.3 is 18.2 Å². The summed E-state index contributed by atoms with van der Waals surface area (Å²) in [6.45, 7) is -2.48. The topological polar surface area (TPSA) is 102 Å². The van der Waals surface area contributed by atoms with Gasteiger partial charge in [-0.3, -0.25) is 14.9 Å². The number of benzene rings is 2. The van der Waals surface area contributed by atoms with E-state index >= 15 is 0 Å². The number of esters is 1. The Hall–Kier alpha value is -3.69. The third kappa shape index (κ3) is 7.09. The highest BCUT2D eigenvalue weighted by Crippen LogP contribution is 2.12. The maximum absolute atomic E-state index is 12.3. The van der Waals surface area contributed by atoms with Crippen LogP contribution in [-0.2, 0) is 9.53 Å². The van der Waals surface area contributed by atoms with E-state index in [9.17, 15) is 32.3 Å². The minimum atomic E-state index is -4.62. The van der Waals surface area contributed by atoms with Crippen LogP contribution in [0.15, 0.2) is 54.6 Å². The first-order valence-corrected chi connectivity index (χ1v) is 8.17. The second-order valence-electron chi connectivity index (χ2n) is 5.69. The molecule has 0 atom stereocenters. The molecule has 0 aliphatic rings. The molecule has 0 fully saturated rings. The molecular weight excluding hydrogens is 393 g/mol. The van der Waals surface area contributed by atoms with Crippen molar-refractivity contribution in [3.8, 4) is 0 Å². The number of ether oxygens (including phenoxy) is 1.